The highest BCUT2D eigenvalue weighted by atomic mass is 79.9. The molecule has 3 heterocycles. The van der Waals surface area contributed by atoms with Crippen LogP contribution in [0.2, 0.25) is 0 Å². The van der Waals surface area contributed by atoms with Crippen molar-refractivity contribution in [3.05, 3.63) is 45.1 Å². The maximum Gasteiger partial charge on any atom is 0.112 e. The van der Waals surface area contributed by atoms with Gasteiger partial charge in [-0.1, -0.05) is 6.92 Å². The summed E-state index contributed by atoms with van der Waals surface area (Å²) >= 11 is 5.15. The molecule has 6 heteroatoms. The Morgan fingerprint density at radius 1 is 1.33 bits per heavy atom. The number of fused-ring (bicyclic) bond motifs is 1. The normalized spacial score (nSPS) is 11.0. The van der Waals surface area contributed by atoms with Gasteiger partial charge in [-0.15, -0.1) is 11.3 Å². The number of aromatic nitrogens is 3. The van der Waals surface area contributed by atoms with Gasteiger partial charge in [0.2, 0.25) is 0 Å². The molecule has 1 N–H and O–H groups in total. The summed E-state index contributed by atoms with van der Waals surface area (Å²) in [6, 6.07) is 3.93. The number of nitrogens with zero attached hydrogens (tertiary/aromatic N) is 3. The van der Waals surface area contributed by atoms with Crippen molar-refractivity contribution >= 4 is 44.0 Å². The Kier molecular flexibility index (Phi) is 4.45. The third-order valence-corrected chi connectivity index (χ3v) is 4.62. The van der Waals surface area contributed by atoms with Crippen LogP contribution < -0.4 is 5.32 Å². The first-order valence-corrected chi connectivity index (χ1v) is 8.51. The summed E-state index contributed by atoms with van der Waals surface area (Å²) < 4.78 is 0.939. The number of nitrogens with one attached hydrogen (secondary N) is 1. The van der Waals surface area contributed by atoms with Crippen LogP contribution in [0.3, 0.4) is 0 Å². The Balaban J connectivity index is 1.70. The molecule has 0 saturated heterocycles. The molecule has 0 bridgehead atoms. The molecule has 0 atom stereocenters. The smallest absolute Gasteiger partial charge is 0.112 e. The van der Waals surface area contributed by atoms with Crippen molar-refractivity contribution < 1.29 is 0 Å². The van der Waals surface area contributed by atoms with Crippen molar-refractivity contribution in [3.8, 4) is 0 Å². The van der Waals surface area contributed by atoms with Crippen LogP contribution in [-0.2, 0) is 12.8 Å². The van der Waals surface area contributed by atoms with E-state index in [2.05, 4.69) is 48.5 Å². The van der Waals surface area contributed by atoms with E-state index in [0.29, 0.717) is 0 Å². The molecule has 0 unspecified atom stereocenters. The van der Waals surface area contributed by atoms with Gasteiger partial charge in [0.1, 0.15) is 5.52 Å². The first-order valence-electron chi connectivity index (χ1n) is 6.83. The van der Waals surface area contributed by atoms with E-state index in [1.54, 1.807) is 23.7 Å². The molecule has 21 heavy (non-hydrogen) atoms. The third-order valence-electron chi connectivity index (χ3n) is 3.14. The molecular formula is C15H15BrN4S. The van der Waals surface area contributed by atoms with E-state index in [4.69, 9.17) is 0 Å². The number of rotatable bonds is 5. The van der Waals surface area contributed by atoms with Gasteiger partial charge in [-0.3, -0.25) is 9.97 Å². The molecule has 0 fully saturated rings. The van der Waals surface area contributed by atoms with Crippen LogP contribution in [0.1, 0.15) is 17.6 Å². The molecule has 0 aliphatic carbocycles. The first-order chi connectivity index (χ1) is 10.3. The zero-order valence-electron chi connectivity index (χ0n) is 11.6. The van der Waals surface area contributed by atoms with Crippen LogP contribution in [0, 0.1) is 0 Å². The summed E-state index contributed by atoms with van der Waals surface area (Å²) in [7, 11) is 0. The number of pyridine rings is 2. The summed E-state index contributed by atoms with van der Waals surface area (Å²) in [5, 5.41) is 6.77. The Hall–Kier alpha value is -1.53. The molecule has 108 valence electrons. The van der Waals surface area contributed by atoms with Gasteiger partial charge in [0.25, 0.3) is 0 Å². The predicted octanol–water partition coefficient (Wildman–Crippen LogP) is 4.07. The number of anilines is 1. The van der Waals surface area contributed by atoms with E-state index in [9.17, 15) is 0 Å². The molecule has 0 aromatic carbocycles. The van der Waals surface area contributed by atoms with Crippen LogP contribution in [0.5, 0.6) is 0 Å². The van der Waals surface area contributed by atoms with Gasteiger partial charge in [-0.05, 0) is 34.5 Å². The lowest BCUT2D eigenvalue weighted by atomic mass is 10.2. The van der Waals surface area contributed by atoms with Gasteiger partial charge >= 0.3 is 0 Å². The maximum atomic E-state index is 4.58. The van der Waals surface area contributed by atoms with Crippen LogP contribution >= 0.6 is 27.3 Å². The van der Waals surface area contributed by atoms with E-state index in [1.807, 2.05) is 12.1 Å². The lowest BCUT2D eigenvalue weighted by Gasteiger charge is -2.08. The van der Waals surface area contributed by atoms with Gasteiger partial charge in [-0.25, -0.2) is 4.98 Å². The molecule has 0 spiro atoms. The molecule has 4 nitrogen and oxygen atoms in total. The number of aryl methyl sites for hydroxylation is 1. The minimum atomic E-state index is 0.837. The number of hydrogen-bond donors (Lipinski definition) is 1. The summed E-state index contributed by atoms with van der Waals surface area (Å²) in [5.74, 6) is 0. The second kappa shape index (κ2) is 6.49. The fourth-order valence-corrected chi connectivity index (χ4v) is 3.20. The van der Waals surface area contributed by atoms with Gasteiger partial charge in [-0.2, -0.15) is 0 Å². The van der Waals surface area contributed by atoms with Crippen molar-refractivity contribution in [1.82, 2.24) is 15.0 Å². The van der Waals surface area contributed by atoms with E-state index in [0.717, 1.165) is 46.3 Å². The zero-order valence-corrected chi connectivity index (χ0v) is 14.0. The topological polar surface area (TPSA) is 50.7 Å². The zero-order chi connectivity index (χ0) is 14.7. The predicted molar refractivity (Wildman–Crippen MR) is 90.9 cm³/mol. The molecular weight excluding hydrogens is 348 g/mol. The molecule has 3 rings (SSSR count). The van der Waals surface area contributed by atoms with E-state index < -0.39 is 0 Å². The van der Waals surface area contributed by atoms with Crippen molar-refractivity contribution in [1.29, 1.82) is 0 Å². The molecule has 0 radical (unpaired) electrons. The van der Waals surface area contributed by atoms with Crippen LogP contribution in [0.15, 0.2) is 34.4 Å². The Morgan fingerprint density at radius 3 is 3.05 bits per heavy atom. The lowest BCUT2D eigenvalue weighted by molar-refractivity contribution is 0.951. The van der Waals surface area contributed by atoms with Crippen molar-refractivity contribution in [2.24, 2.45) is 0 Å². The quantitative estimate of drug-likeness (QED) is 0.743. The Labute approximate surface area is 135 Å². The average molecular weight is 363 g/mol. The summed E-state index contributed by atoms with van der Waals surface area (Å²) in [6.07, 6.45) is 5.52. The molecule has 0 amide bonds. The summed E-state index contributed by atoms with van der Waals surface area (Å²) in [4.78, 5) is 13.4. The first kappa shape index (κ1) is 14.4. The third kappa shape index (κ3) is 3.39. The average Bonchev–Trinajstić information content (AvgIpc) is 2.95. The van der Waals surface area contributed by atoms with Crippen LogP contribution in [-0.4, -0.2) is 21.5 Å². The lowest BCUT2D eigenvalue weighted by Crippen LogP contribution is -2.06. The van der Waals surface area contributed by atoms with E-state index >= 15 is 0 Å². The standard InChI is InChI=1S/C15H15BrN4S/c1-2-14-20-11(9-21-14)3-5-17-12-4-6-18-13-7-10(16)8-19-15(12)13/h4,6-9H,2-3,5H2,1H3,(H,17,18). The Morgan fingerprint density at radius 2 is 2.24 bits per heavy atom. The van der Waals surface area contributed by atoms with Crippen molar-refractivity contribution in [2.45, 2.75) is 19.8 Å². The van der Waals surface area contributed by atoms with Crippen molar-refractivity contribution in [2.75, 3.05) is 11.9 Å². The monoisotopic (exact) mass is 362 g/mol. The highest BCUT2D eigenvalue weighted by Gasteiger charge is 2.05. The molecule has 3 aromatic rings. The fourth-order valence-electron chi connectivity index (χ4n) is 2.10. The molecule has 3 aromatic heterocycles. The molecule has 0 aliphatic rings. The minimum Gasteiger partial charge on any atom is -0.383 e. The van der Waals surface area contributed by atoms with Crippen molar-refractivity contribution in [3.63, 3.8) is 0 Å². The van der Waals surface area contributed by atoms with Gasteiger partial charge in [0.05, 0.1) is 21.9 Å². The number of thiazole rings is 1. The van der Waals surface area contributed by atoms with Gasteiger partial charge in [0.15, 0.2) is 0 Å². The van der Waals surface area contributed by atoms with Crippen LogP contribution in [0.4, 0.5) is 5.69 Å². The van der Waals surface area contributed by atoms with E-state index in [1.165, 1.54) is 5.01 Å². The second-order valence-electron chi connectivity index (χ2n) is 4.64. The number of hydrogen-bond acceptors (Lipinski definition) is 5. The highest BCUT2D eigenvalue weighted by molar-refractivity contribution is 9.10. The second-order valence-corrected chi connectivity index (χ2v) is 6.50. The van der Waals surface area contributed by atoms with E-state index in [-0.39, 0.29) is 0 Å². The van der Waals surface area contributed by atoms with Crippen LogP contribution in [0.25, 0.3) is 11.0 Å². The fraction of sp³-hybridized carbons (Fsp3) is 0.267. The van der Waals surface area contributed by atoms with Gasteiger partial charge in [0, 0.05) is 35.2 Å². The number of halogens is 1. The van der Waals surface area contributed by atoms with Gasteiger partial charge < -0.3 is 5.32 Å². The summed E-state index contributed by atoms with van der Waals surface area (Å²) in [5.41, 5.74) is 3.95. The molecule has 0 aliphatic heterocycles. The summed E-state index contributed by atoms with van der Waals surface area (Å²) in [6.45, 7) is 2.97. The minimum absolute atomic E-state index is 0.837. The largest absolute Gasteiger partial charge is 0.383 e. The Bertz CT molecular complexity index is 756. The maximum absolute atomic E-state index is 4.58. The highest BCUT2D eigenvalue weighted by Crippen LogP contribution is 2.22. The molecule has 0 saturated carbocycles. The SMILES string of the molecule is CCc1nc(CCNc2ccnc3cc(Br)cnc23)cs1.